The number of benzene rings is 1. The maximum absolute atomic E-state index is 14.6. The van der Waals surface area contributed by atoms with Crippen molar-refractivity contribution in [2.75, 3.05) is 13.2 Å². The van der Waals surface area contributed by atoms with Gasteiger partial charge in [-0.2, -0.15) is 0 Å². The van der Waals surface area contributed by atoms with Crippen molar-refractivity contribution >= 4 is 56.2 Å². The Balaban J connectivity index is 1.48. The molecular formula is C38H52ClN5O8S. The minimum Gasteiger partial charge on any atom is -0.488 e. The lowest BCUT2D eigenvalue weighted by Gasteiger charge is -2.35. The summed E-state index contributed by atoms with van der Waals surface area (Å²) in [5.41, 5.74) is -2.32. The van der Waals surface area contributed by atoms with Crippen LogP contribution in [-0.4, -0.2) is 83.1 Å². The van der Waals surface area contributed by atoms with Crippen LogP contribution in [-0.2, 0) is 29.2 Å². The lowest BCUT2D eigenvalue weighted by Crippen LogP contribution is -2.58. The van der Waals surface area contributed by atoms with Crippen molar-refractivity contribution in [2.24, 2.45) is 17.3 Å². The minimum absolute atomic E-state index is 0.0183. The minimum atomic E-state index is -4.00. The molecule has 3 fully saturated rings. The third-order valence-electron chi connectivity index (χ3n) is 10.3. The second-order valence-electron chi connectivity index (χ2n) is 16.8. The number of halogens is 1. The molecule has 1 saturated heterocycles. The SMILES string of the molecule is C=C[C@@H]1C[C@]1(NC(=O)[C@@H]1C[C@@H](Oc2cc(OCC)nc3c(Cl)cccc23)CN1C(=O)[C@@H](CC(=O)NC(C)(C)C)C(C)(C)C)C(=O)NS(=O)(=O)C1(C)CC1. The molecule has 5 rings (SSSR count). The Labute approximate surface area is 317 Å². The van der Waals surface area contributed by atoms with Gasteiger partial charge >= 0.3 is 0 Å². The highest BCUT2D eigenvalue weighted by molar-refractivity contribution is 7.91. The van der Waals surface area contributed by atoms with Gasteiger partial charge in [0.15, 0.2) is 0 Å². The van der Waals surface area contributed by atoms with Gasteiger partial charge in [-0.3, -0.25) is 23.9 Å². The van der Waals surface area contributed by atoms with E-state index in [0.717, 1.165) is 0 Å². The second kappa shape index (κ2) is 14.4. The van der Waals surface area contributed by atoms with E-state index in [9.17, 15) is 27.6 Å². The molecular weight excluding hydrogens is 722 g/mol. The van der Waals surface area contributed by atoms with E-state index < -0.39 is 73.0 Å². The van der Waals surface area contributed by atoms with Gasteiger partial charge in [-0.25, -0.2) is 13.4 Å². The van der Waals surface area contributed by atoms with E-state index in [1.54, 1.807) is 31.2 Å². The Morgan fingerprint density at radius 3 is 2.40 bits per heavy atom. The van der Waals surface area contributed by atoms with Gasteiger partial charge in [0.05, 0.1) is 34.4 Å². The molecule has 53 heavy (non-hydrogen) atoms. The van der Waals surface area contributed by atoms with Crippen LogP contribution >= 0.6 is 11.6 Å². The standard InChI is InChI=1S/C38H52ClN5O8S/c1-10-22-20-38(22,34(48)43-53(49,50)37(9)15-16-37)42-32(46)27-17-23(52-28-19-30(51-11-2)40-31-24(28)13-12-14-26(31)39)21-44(27)33(47)25(35(3,4)5)18-29(45)41-36(6,7)8/h10,12-14,19,22-23,25,27H,1,11,15-18,20-21H2,2-9H3,(H,41,45)(H,42,46)(H,43,48)/t22-,23-,25-,27+,38-/m1/s1. The van der Waals surface area contributed by atoms with Crippen molar-refractivity contribution in [1.82, 2.24) is 25.2 Å². The molecule has 0 spiro atoms. The molecule has 3 N–H and O–H groups in total. The van der Waals surface area contributed by atoms with Crippen LogP contribution in [0, 0.1) is 17.3 Å². The summed E-state index contributed by atoms with van der Waals surface area (Å²) in [4.78, 5) is 61.8. The maximum Gasteiger partial charge on any atom is 0.259 e. The smallest absolute Gasteiger partial charge is 0.259 e. The average molecular weight is 774 g/mol. The van der Waals surface area contributed by atoms with E-state index >= 15 is 0 Å². The maximum atomic E-state index is 14.6. The number of hydrogen-bond donors (Lipinski definition) is 3. The Kier molecular flexibility index (Phi) is 10.9. The Morgan fingerprint density at radius 2 is 1.83 bits per heavy atom. The molecule has 2 aliphatic carbocycles. The number of para-hydroxylation sites is 1. The highest BCUT2D eigenvalue weighted by Gasteiger charge is 2.63. The van der Waals surface area contributed by atoms with E-state index in [4.69, 9.17) is 21.1 Å². The summed E-state index contributed by atoms with van der Waals surface area (Å²) < 4.78 is 39.4. The first-order chi connectivity index (χ1) is 24.5. The zero-order chi connectivity index (χ0) is 39.3. The number of carbonyl (C=O) groups excluding carboxylic acids is 4. The van der Waals surface area contributed by atoms with Crippen LogP contribution in [0.2, 0.25) is 5.02 Å². The summed E-state index contributed by atoms with van der Waals surface area (Å²) in [7, 11) is -4.00. The Morgan fingerprint density at radius 1 is 1.15 bits per heavy atom. The molecule has 0 bridgehead atoms. The van der Waals surface area contributed by atoms with Crippen LogP contribution in [0.4, 0.5) is 0 Å². The molecule has 1 aromatic heterocycles. The van der Waals surface area contributed by atoms with Crippen molar-refractivity contribution < 1.29 is 37.1 Å². The summed E-state index contributed by atoms with van der Waals surface area (Å²) in [6.07, 6.45) is 1.69. The van der Waals surface area contributed by atoms with Gasteiger partial charge < -0.3 is 25.0 Å². The van der Waals surface area contributed by atoms with Crippen LogP contribution in [0.25, 0.3) is 10.9 Å². The van der Waals surface area contributed by atoms with E-state index in [1.165, 1.54) is 11.0 Å². The first-order valence-electron chi connectivity index (χ1n) is 18.1. The summed E-state index contributed by atoms with van der Waals surface area (Å²) in [6, 6.07) is 5.77. The second-order valence-corrected chi connectivity index (χ2v) is 19.4. The Hall–Kier alpha value is -3.91. The van der Waals surface area contributed by atoms with E-state index in [-0.39, 0.29) is 37.6 Å². The molecule has 5 atom stereocenters. The summed E-state index contributed by atoms with van der Waals surface area (Å²) >= 11 is 6.50. The number of hydrogen-bond acceptors (Lipinski definition) is 9. The predicted octanol–water partition coefficient (Wildman–Crippen LogP) is 4.66. The fraction of sp³-hybridized carbons (Fsp3) is 0.605. The first-order valence-corrected chi connectivity index (χ1v) is 19.9. The predicted molar refractivity (Wildman–Crippen MR) is 202 cm³/mol. The highest BCUT2D eigenvalue weighted by atomic mass is 35.5. The quantitative estimate of drug-likeness (QED) is 0.245. The summed E-state index contributed by atoms with van der Waals surface area (Å²) in [6.45, 7) is 18.6. The normalized spacial score (nSPS) is 24.2. The average Bonchev–Trinajstić information content (AvgIpc) is 3.93. The number of nitrogens with one attached hydrogen (secondary N) is 3. The van der Waals surface area contributed by atoms with Crippen molar-refractivity contribution in [3.05, 3.63) is 41.9 Å². The zero-order valence-electron chi connectivity index (χ0n) is 31.8. The molecule has 13 nitrogen and oxygen atoms in total. The molecule has 4 amide bonds. The molecule has 290 valence electrons. The van der Waals surface area contributed by atoms with Crippen LogP contribution in [0.15, 0.2) is 36.9 Å². The number of ether oxygens (including phenoxy) is 2. The number of aromatic nitrogens is 1. The third-order valence-corrected chi connectivity index (χ3v) is 12.8. The van der Waals surface area contributed by atoms with Crippen LogP contribution in [0.1, 0.15) is 87.5 Å². The molecule has 3 aliphatic rings. The molecule has 0 radical (unpaired) electrons. The number of likely N-dealkylation sites (tertiary alicyclic amines) is 1. The van der Waals surface area contributed by atoms with Gasteiger partial charge in [0.1, 0.15) is 23.4 Å². The number of fused-ring (bicyclic) bond motifs is 1. The topological polar surface area (TPSA) is 173 Å². The van der Waals surface area contributed by atoms with Crippen LogP contribution in [0.5, 0.6) is 11.6 Å². The fourth-order valence-electron chi connectivity index (χ4n) is 6.77. The number of sulfonamides is 1. The molecule has 2 heterocycles. The molecule has 2 aromatic rings. The number of pyridine rings is 1. The van der Waals surface area contributed by atoms with Gasteiger partial charge in [0.2, 0.25) is 33.6 Å². The monoisotopic (exact) mass is 773 g/mol. The van der Waals surface area contributed by atoms with E-state index in [1.807, 2.05) is 48.5 Å². The van der Waals surface area contributed by atoms with Crippen molar-refractivity contribution in [1.29, 1.82) is 0 Å². The fourth-order valence-corrected chi connectivity index (χ4v) is 8.30. The van der Waals surface area contributed by atoms with Gasteiger partial charge in [0.25, 0.3) is 5.91 Å². The molecule has 0 unspecified atom stereocenters. The number of nitrogens with zero attached hydrogens (tertiary/aromatic N) is 2. The number of amides is 4. The van der Waals surface area contributed by atoms with E-state index in [0.29, 0.717) is 41.1 Å². The molecule has 15 heteroatoms. The lowest BCUT2D eigenvalue weighted by molar-refractivity contribution is -0.147. The van der Waals surface area contributed by atoms with Gasteiger partial charge in [-0.05, 0) is 71.4 Å². The van der Waals surface area contributed by atoms with Crippen molar-refractivity contribution in [3.8, 4) is 11.6 Å². The van der Waals surface area contributed by atoms with Gasteiger partial charge in [-0.15, -0.1) is 6.58 Å². The number of carbonyl (C=O) groups is 4. The zero-order valence-corrected chi connectivity index (χ0v) is 33.4. The lowest BCUT2D eigenvalue weighted by atomic mass is 9.77. The van der Waals surface area contributed by atoms with Crippen molar-refractivity contribution in [3.63, 3.8) is 0 Å². The van der Waals surface area contributed by atoms with Gasteiger partial charge in [0, 0.05) is 35.8 Å². The largest absolute Gasteiger partial charge is 0.488 e. The van der Waals surface area contributed by atoms with Crippen molar-refractivity contribution in [2.45, 2.75) is 115 Å². The van der Waals surface area contributed by atoms with Crippen LogP contribution < -0.4 is 24.8 Å². The highest BCUT2D eigenvalue weighted by Crippen LogP contribution is 2.47. The third kappa shape index (κ3) is 8.58. The van der Waals surface area contributed by atoms with Crippen LogP contribution in [0.3, 0.4) is 0 Å². The summed E-state index contributed by atoms with van der Waals surface area (Å²) in [5, 5.41) is 6.74. The number of rotatable bonds is 13. The molecule has 1 aliphatic heterocycles. The Bertz CT molecular complexity index is 1920. The first kappa shape index (κ1) is 40.3. The molecule has 2 saturated carbocycles. The summed E-state index contributed by atoms with van der Waals surface area (Å²) in [5.74, 6) is -2.91. The van der Waals surface area contributed by atoms with E-state index in [2.05, 4.69) is 26.9 Å². The van der Waals surface area contributed by atoms with Gasteiger partial charge in [-0.1, -0.05) is 44.5 Å². The molecule has 1 aromatic carbocycles.